The molecule has 7 heteroatoms. The second-order valence-corrected chi connectivity index (χ2v) is 5.93. The Morgan fingerprint density at radius 2 is 2.29 bits per heavy atom. The van der Waals surface area contributed by atoms with Gasteiger partial charge in [-0.05, 0) is 31.9 Å². The van der Waals surface area contributed by atoms with Crippen LogP contribution in [0.15, 0.2) is 35.7 Å². The highest BCUT2D eigenvalue weighted by Gasteiger charge is 2.22. The molecule has 1 atom stereocenters. The molecule has 0 aliphatic carbocycles. The Kier molecular flexibility index (Phi) is 5.10. The van der Waals surface area contributed by atoms with Crippen molar-refractivity contribution >= 4 is 5.96 Å². The third kappa shape index (κ3) is 3.73. The van der Waals surface area contributed by atoms with Crippen LogP contribution in [0.5, 0.6) is 0 Å². The van der Waals surface area contributed by atoms with Crippen LogP contribution in [0.1, 0.15) is 24.7 Å². The molecule has 0 saturated carbocycles. The van der Waals surface area contributed by atoms with Gasteiger partial charge in [-0.3, -0.25) is 4.57 Å². The number of aliphatic hydroxyl groups is 1. The molecule has 0 amide bonds. The Morgan fingerprint density at radius 1 is 1.42 bits per heavy atom. The fraction of sp³-hybridized carbons (Fsp3) is 0.471. The summed E-state index contributed by atoms with van der Waals surface area (Å²) in [6.45, 7) is 6.85. The van der Waals surface area contributed by atoms with Crippen molar-refractivity contribution in [3.8, 4) is 5.82 Å². The zero-order valence-corrected chi connectivity index (χ0v) is 14.2. The van der Waals surface area contributed by atoms with Crippen molar-refractivity contribution in [1.29, 1.82) is 0 Å². The number of imidazole rings is 1. The highest BCUT2D eigenvalue weighted by atomic mass is 16.3. The number of nitrogens with zero attached hydrogens (tertiary/aromatic N) is 5. The Bertz CT molecular complexity index is 693. The molecule has 0 aromatic carbocycles. The zero-order valence-electron chi connectivity index (χ0n) is 14.2. The standard InChI is InChI=1S/C17H24N6O/c1-3-18-17(22-8-6-15(24)12-22)21-11-14-4-5-16(20-10-14)23-9-7-19-13(23)2/h4-5,7,9-10,15,24H,3,6,8,11-12H2,1-2H3,(H,18,21)/t15-/m1/s1. The molecule has 1 aliphatic heterocycles. The molecule has 0 unspecified atom stereocenters. The van der Waals surface area contributed by atoms with Crippen LogP contribution in [0.2, 0.25) is 0 Å². The van der Waals surface area contributed by atoms with E-state index >= 15 is 0 Å². The highest BCUT2D eigenvalue weighted by molar-refractivity contribution is 5.80. The molecule has 1 saturated heterocycles. The summed E-state index contributed by atoms with van der Waals surface area (Å²) in [6.07, 6.45) is 6.05. The SMILES string of the molecule is CCNC(=NCc1ccc(-n2ccnc2C)nc1)N1CC[C@@H](O)C1. The molecule has 2 N–H and O–H groups in total. The van der Waals surface area contributed by atoms with E-state index in [-0.39, 0.29) is 6.10 Å². The van der Waals surface area contributed by atoms with E-state index < -0.39 is 0 Å². The lowest BCUT2D eigenvalue weighted by molar-refractivity contribution is 0.188. The van der Waals surface area contributed by atoms with Gasteiger partial charge in [-0.1, -0.05) is 6.07 Å². The molecule has 0 radical (unpaired) electrons. The molecule has 2 aromatic heterocycles. The van der Waals surface area contributed by atoms with Crippen molar-refractivity contribution in [2.24, 2.45) is 4.99 Å². The Balaban J connectivity index is 1.69. The smallest absolute Gasteiger partial charge is 0.194 e. The summed E-state index contributed by atoms with van der Waals surface area (Å²) in [5, 5.41) is 13.0. The molecule has 3 rings (SSSR count). The molecule has 1 fully saturated rings. The van der Waals surface area contributed by atoms with Crippen molar-refractivity contribution in [3.05, 3.63) is 42.1 Å². The number of rotatable bonds is 4. The molecular formula is C17H24N6O. The van der Waals surface area contributed by atoms with Crippen molar-refractivity contribution in [2.75, 3.05) is 19.6 Å². The Labute approximate surface area is 142 Å². The van der Waals surface area contributed by atoms with Crippen LogP contribution in [-0.4, -0.2) is 56.2 Å². The van der Waals surface area contributed by atoms with E-state index in [1.807, 2.05) is 42.9 Å². The molecule has 7 nitrogen and oxygen atoms in total. The quantitative estimate of drug-likeness (QED) is 0.649. The minimum absolute atomic E-state index is 0.256. The van der Waals surface area contributed by atoms with Crippen LogP contribution in [0.25, 0.3) is 5.82 Å². The summed E-state index contributed by atoms with van der Waals surface area (Å²) in [7, 11) is 0. The van der Waals surface area contributed by atoms with Gasteiger partial charge in [-0.25, -0.2) is 15.0 Å². The van der Waals surface area contributed by atoms with Gasteiger partial charge in [0.05, 0.1) is 12.6 Å². The number of likely N-dealkylation sites (tertiary alicyclic amines) is 1. The summed E-state index contributed by atoms with van der Waals surface area (Å²) in [5.74, 6) is 2.62. The average molecular weight is 328 g/mol. The van der Waals surface area contributed by atoms with Crippen molar-refractivity contribution in [1.82, 2.24) is 24.8 Å². The molecular weight excluding hydrogens is 304 g/mol. The maximum atomic E-state index is 9.70. The largest absolute Gasteiger partial charge is 0.391 e. The van der Waals surface area contributed by atoms with E-state index in [1.165, 1.54) is 0 Å². The van der Waals surface area contributed by atoms with Gasteiger partial charge < -0.3 is 15.3 Å². The van der Waals surface area contributed by atoms with Gasteiger partial charge in [0.1, 0.15) is 11.6 Å². The summed E-state index contributed by atoms with van der Waals surface area (Å²) in [4.78, 5) is 15.5. The van der Waals surface area contributed by atoms with Gasteiger partial charge in [0.2, 0.25) is 0 Å². The first-order chi connectivity index (χ1) is 11.7. The van der Waals surface area contributed by atoms with Crippen LogP contribution in [0.3, 0.4) is 0 Å². The Hall–Kier alpha value is -2.41. The van der Waals surface area contributed by atoms with Crippen LogP contribution in [0.4, 0.5) is 0 Å². The summed E-state index contributed by atoms with van der Waals surface area (Å²) in [6, 6.07) is 4.01. The third-order valence-electron chi connectivity index (χ3n) is 4.09. The first-order valence-electron chi connectivity index (χ1n) is 8.34. The zero-order chi connectivity index (χ0) is 16.9. The van der Waals surface area contributed by atoms with Gasteiger partial charge in [0, 0.05) is 38.2 Å². The van der Waals surface area contributed by atoms with E-state index in [1.54, 1.807) is 6.20 Å². The average Bonchev–Trinajstić information content (AvgIpc) is 3.20. The predicted octanol–water partition coefficient (Wildman–Crippen LogP) is 1.11. The van der Waals surface area contributed by atoms with Gasteiger partial charge in [-0.15, -0.1) is 0 Å². The summed E-state index contributed by atoms with van der Waals surface area (Å²) in [5.41, 5.74) is 1.05. The van der Waals surface area contributed by atoms with E-state index in [0.29, 0.717) is 13.1 Å². The van der Waals surface area contributed by atoms with Crippen LogP contribution < -0.4 is 5.32 Å². The summed E-state index contributed by atoms with van der Waals surface area (Å²) < 4.78 is 1.95. The van der Waals surface area contributed by atoms with Gasteiger partial charge in [0.25, 0.3) is 0 Å². The highest BCUT2D eigenvalue weighted by Crippen LogP contribution is 2.11. The lowest BCUT2D eigenvalue weighted by Gasteiger charge is -2.20. The number of aliphatic imine (C=N–C) groups is 1. The maximum absolute atomic E-state index is 9.70. The minimum Gasteiger partial charge on any atom is -0.391 e. The number of aryl methyl sites for hydroxylation is 1. The molecule has 24 heavy (non-hydrogen) atoms. The fourth-order valence-electron chi connectivity index (χ4n) is 2.80. The number of aliphatic hydroxyl groups excluding tert-OH is 1. The van der Waals surface area contributed by atoms with Crippen LogP contribution >= 0.6 is 0 Å². The Morgan fingerprint density at radius 3 is 2.88 bits per heavy atom. The molecule has 1 aliphatic rings. The van der Waals surface area contributed by atoms with E-state index in [0.717, 1.165) is 42.7 Å². The second kappa shape index (κ2) is 7.44. The van der Waals surface area contributed by atoms with E-state index in [2.05, 4.69) is 25.2 Å². The third-order valence-corrected chi connectivity index (χ3v) is 4.09. The topological polar surface area (TPSA) is 78.6 Å². The number of aromatic nitrogens is 3. The second-order valence-electron chi connectivity index (χ2n) is 5.93. The number of β-amino-alcohol motifs (C(OH)–C–C–N with tert-alkyl or cyclic N) is 1. The molecule has 0 spiro atoms. The molecule has 3 heterocycles. The lowest BCUT2D eigenvalue weighted by Crippen LogP contribution is -2.40. The normalized spacial score (nSPS) is 18.2. The van der Waals surface area contributed by atoms with Gasteiger partial charge in [-0.2, -0.15) is 0 Å². The monoisotopic (exact) mass is 328 g/mol. The predicted molar refractivity (Wildman–Crippen MR) is 93.1 cm³/mol. The maximum Gasteiger partial charge on any atom is 0.194 e. The van der Waals surface area contributed by atoms with E-state index in [9.17, 15) is 5.11 Å². The van der Waals surface area contributed by atoms with Crippen molar-refractivity contribution in [2.45, 2.75) is 32.9 Å². The number of hydrogen-bond acceptors (Lipinski definition) is 4. The molecule has 0 bridgehead atoms. The van der Waals surface area contributed by atoms with E-state index in [4.69, 9.17) is 0 Å². The minimum atomic E-state index is -0.256. The first kappa shape index (κ1) is 16.4. The number of nitrogens with one attached hydrogen (secondary N) is 1. The fourth-order valence-corrected chi connectivity index (χ4v) is 2.80. The lowest BCUT2D eigenvalue weighted by atomic mass is 10.3. The number of hydrogen-bond donors (Lipinski definition) is 2. The first-order valence-corrected chi connectivity index (χ1v) is 8.34. The molecule has 2 aromatic rings. The van der Waals surface area contributed by atoms with Crippen molar-refractivity contribution in [3.63, 3.8) is 0 Å². The summed E-state index contributed by atoms with van der Waals surface area (Å²) >= 11 is 0. The van der Waals surface area contributed by atoms with Crippen LogP contribution in [-0.2, 0) is 6.54 Å². The van der Waals surface area contributed by atoms with Gasteiger partial charge in [0.15, 0.2) is 5.96 Å². The number of guanidine groups is 1. The van der Waals surface area contributed by atoms with Crippen molar-refractivity contribution < 1.29 is 5.11 Å². The number of pyridine rings is 1. The van der Waals surface area contributed by atoms with Gasteiger partial charge >= 0.3 is 0 Å². The van der Waals surface area contributed by atoms with Crippen LogP contribution in [0, 0.1) is 6.92 Å². The molecule has 128 valence electrons.